The van der Waals surface area contributed by atoms with Crippen molar-refractivity contribution in [2.75, 3.05) is 46.8 Å². The number of nitrogens with one attached hydrogen (secondary N) is 1. The summed E-state index contributed by atoms with van der Waals surface area (Å²) in [5.41, 5.74) is 0.436. The Morgan fingerprint density at radius 1 is 1.25 bits per heavy atom. The standard InChI is InChI=1S/C16H32N4/c1-16(2)8-12-20(13-16)15(17-3)18-9-5-14-6-10-19(4)11-7-14/h14H,5-13H2,1-4H3,(H,17,18). The molecule has 0 amide bonds. The Balaban J connectivity index is 1.70. The van der Waals surface area contributed by atoms with Gasteiger partial charge in [-0.3, -0.25) is 4.99 Å². The summed E-state index contributed by atoms with van der Waals surface area (Å²) < 4.78 is 0. The molecule has 4 heteroatoms. The maximum Gasteiger partial charge on any atom is 0.193 e. The predicted molar refractivity (Wildman–Crippen MR) is 86.2 cm³/mol. The summed E-state index contributed by atoms with van der Waals surface area (Å²) in [6, 6.07) is 0. The quantitative estimate of drug-likeness (QED) is 0.634. The van der Waals surface area contributed by atoms with Gasteiger partial charge in [-0.1, -0.05) is 13.8 Å². The van der Waals surface area contributed by atoms with Gasteiger partial charge in [-0.25, -0.2) is 0 Å². The molecule has 0 saturated carbocycles. The van der Waals surface area contributed by atoms with Crippen LogP contribution in [0.4, 0.5) is 0 Å². The van der Waals surface area contributed by atoms with Crippen molar-refractivity contribution in [3.05, 3.63) is 0 Å². The third-order valence-electron chi connectivity index (χ3n) is 4.86. The molecule has 0 bridgehead atoms. The highest BCUT2D eigenvalue weighted by molar-refractivity contribution is 5.80. The molecule has 2 heterocycles. The van der Waals surface area contributed by atoms with Crippen LogP contribution in [0.1, 0.15) is 39.5 Å². The molecule has 0 atom stereocenters. The Bertz CT molecular complexity index is 329. The lowest BCUT2D eigenvalue weighted by molar-refractivity contribution is 0.212. The first kappa shape index (κ1) is 15.6. The molecule has 20 heavy (non-hydrogen) atoms. The van der Waals surface area contributed by atoms with Crippen molar-refractivity contribution < 1.29 is 0 Å². The van der Waals surface area contributed by atoms with E-state index in [9.17, 15) is 0 Å². The van der Waals surface area contributed by atoms with Crippen molar-refractivity contribution in [3.63, 3.8) is 0 Å². The minimum atomic E-state index is 0.436. The van der Waals surface area contributed by atoms with Crippen molar-refractivity contribution in [1.29, 1.82) is 0 Å². The first-order valence-corrected chi connectivity index (χ1v) is 8.14. The molecule has 0 spiro atoms. The Morgan fingerprint density at radius 3 is 2.50 bits per heavy atom. The van der Waals surface area contributed by atoms with Gasteiger partial charge in [-0.2, -0.15) is 0 Å². The molecule has 2 aliphatic heterocycles. The van der Waals surface area contributed by atoms with Crippen molar-refractivity contribution in [1.82, 2.24) is 15.1 Å². The number of likely N-dealkylation sites (tertiary alicyclic amines) is 2. The molecule has 2 fully saturated rings. The summed E-state index contributed by atoms with van der Waals surface area (Å²) in [4.78, 5) is 9.30. The fourth-order valence-corrected chi connectivity index (χ4v) is 3.36. The molecule has 0 aromatic carbocycles. The third-order valence-corrected chi connectivity index (χ3v) is 4.86. The van der Waals surface area contributed by atoms with Crippen LogP contribution in [-0.2, 0) is 0 Å². The van der Waals surface area contributed by atoms with Gasteiger partial charge >= 0.3 is 0 Å². The Labute approximate surface area is 124 Å². The van der Waals surface area contributed by atoms with Crippen molar-refractivity contribution in [3.8, 4) is 0 Å². The normalized spacial score (nSPS) is 25.2. The van der Waals surface area contributed by atoms with Crippen LogP contribution >= 0.6 is 0 Å². The molecule has 0 aliphatic carbocycles. The van der Waals surface area contributed by atoms with Gasteiger partial charge in [0.1, 0.15) is 0 Å². The van der Waals surface area contributed by atoms with E-state index in [2.05, 4.69) is 41.0 Å². The first-order valence-electron chi connectivity index (χ1n) is 8.14. The SMILES string of the molecule is CN=C(NCCC1CCN(C)CC1)N1CCC(C)(C)C1. The van der Waals surface area contributed by atoms with E-state index in [0.29, 0.717) is 5.41 Å². The monoisotopic (exact) mass is 280 g/mol. The average Bonchev–Trinajstić information content (AvgIpc) is 2.77. The highest BCUT2D eigenvalue weighted by atomic mass is 15.3. The minimum absolute atomic E-state index is 0.436. The lowest BCUT2D eigenvalue weighted by atomic mass is 9.93. The number of piperidine rings is 1. The second kappa shape index (κ2) is 6.79. The summed E-state index contributed by atoms with van der Waals surface area (Å²) >= 11 is 0. The number of nitrogens with zero attached hydrogens (tertiary/aromatic N) is 3. The summed E-state index contributed by atoms with van der Waals surface area (Å²) in [6.45, 7) is 10.6. The highest BCUT2D eigenvalue weighted by Crippen LogP contribution is 2.28. The molecule has 116 valence electrons. The second-order valence-electron chi connectivity index (χ2n) is 7.35. The van der Waals surface area contributed by atoms with Gasteiger partial charge in [-0.15, -0.1) is 0 Å². The molecule has 0 radical (unpaired) electrons. The van der Waals surface area contributed by atoms with E-state index in [1.807, 2.05) is 7.05 Å². The lowest BCUT2D eigenvalue weighted by Gasteiger charge is -2.29. The van der Waals surface area contributed by atoms with E-state index in [-0.39, 0.29) is 0 Å². The van der Waals surface area contributed by atoms with Crippen LogP contribution in [0.5, 0.6) is 0 Å². The molecule has 2 aliphatic rings. The number of hydrogen-bond acceptors (Lipinski definition) is 2. The highest BCUT2D eigenvalue weighted by Gasteiger charge is 2.30. The van der Waals surface area contributed by atoms with Gasteiger partial charge in [0, 0.05) is 26.7 Å². The van der Waals surface area contributed by atoms with Crippen LogP contribution in [0.15, 0.2) is 4.99 Å². The topological polar surface area (TPSA) is 30.9 Å². The number of hydrogen-bond donors (Lipinski definition) is 1. The Hall–Kier alpha value is -0.770. The smallest absolute Gasteiger partial charge is 0.193 e. The summed E-state index contributed by atoms with van der Waals surface area (Å²) in [6.07, 6.45) is 5.26. The van der Waals surface area contributed by atoms with Crippen molar-refractivity contribution in [2.24, 2.45) is 16.3 Å². The predicted octanol–water partition coefficient (Wildman–Crippen LogP) is 2.03. The third kappa shape index (κ3) is 4.37. The number of rotatable bonds is 3. The zero-order chi connectivity index (χ0) is 14.6. The van der Waals surface area contributed by atoms with E-state index in [0.717, 1.165) is 31.5 Å². The van der Waals surface area contributed by atoms with Crippen LogP contribution < -0.4 is 5.32 Å². The molecule has 0 unspecified atom stereocenters. The van der Waals surface area contributed by atoms with Gasteiger partial charge in [0.25, 0.3) is 0 Å². The maximum absolute atomic E-state index is 4.45. The summed E-state index contributed by atoms with van der Waals surface area (Å²) in [7, 11) is 4.13. The molecule has 0 aromatic heterocycles. The lowest BCUT2D eigenvalue weighted by Crippen LogP contribution is -2.41. The van der Waals surface area contributed by atoms with E-state index in [4.69, 9.17) is 0 Å². The molecule has 2 saturated heterocycles. The van der Waals surface area contributed by atoms with Gasteiger partial charge in [-0.05, 0) is 57.2 Å². The fourth-order valence-electron chi connectivity index (χ4n) is 3.36. The minimum Gasteiger partial charge on any atom is -0.356 e. The van der Waals surface area contributed by atoms with E-state index in [1.54, 1.807) is 0 Å². The number of aliphatic imine (C=N–C) groups is 1. The first-order chi connectivity index (χ1) is 9.50. The van der Waals surface area contributed by atoms with Gasteiger partial charge < -0.3 is 15.1 Å². The molecule has 1 N–H and O–H groups in total. The van der Waals surface area contributed by atoms with E-state index < -0.39 is 0 Å². The second-order valence-corrected chi connectivity index (χ2v) is 7.35. The van der Waals surface area contributed by atoms with Gasteiger partial charge in [0.2, 0.25) is 0 Å². The van der Waals surface area contributed by atoms with Crippen LogP contribution in [0.3, 0.4) is 0 Å². The molecule has 2 rings (SSSR count). The Kier molecular flexibility index (Phi) is 5.30. The number of guanidine groups is 1. The Morgan fingerprint density at radius 2 is 1.95 bits per heavy atom. The van der Waals surface area contributed by atoms with Gasteiger partial charge in [0.05, 0.1) is 0 Å². The van der Waals surface area contributed by atoms with Crippen LogP contribution in [-0.4, -0.2) is 62.6 Å². The molecule has 4 nitrogen and oxygen atoms in total. The van der Waals surface area contributed by atoms with E-state index >= 15 is 0 Å². The zero-order valence-electron chi connectivity index (χ0n) is 13.8. The van der Waals surface area contributed by atoms with Crippen molar-refractivity contribution in [2.45, 2.75) is 39.5 Å². The average molecular weight is 280 g/mol. The van der Waals surface area contributed by atoms with Crippen LogP contribution in [0, 0.1) is 11.3 Å². The van der Waals surface area contributed by atoms with Crippen LogP contribution in [0.2, 0.25) is 0 Å². The maximum atomic E-state index is 4.45. The van der Waals surface area contributed by atoms with E-state index in [1.165, 1.54) is 38.8 Å². The summed E-state index contributed by atoms with van der Waals surface area (Å²) in [5.74, 6) is 2.00. The molecular formula is C16H32N4. The molecule has 0 aromatic rings. The van der Waals surface area contributed by atoms with Gasteiger partial charge in [0.15, 0.2) is 5.96 Å². The molecular weight excluding hydrogens is 248 g/mol. The zero-order valence-corrected chi connectivity index (χ0v) is 13.8. The summed E-state index contributed by atoms with van der Waals surface area (Å²) in [5, 5.41) is 3.57. The van der Waals surface area contributed by atoms with Crippen LogP contribution in [0.25, 0.3) is 0 Å². The van der Waals surface area contributed by atoms with Crippen molar-refractivity contribution >= 4 is 5.96 Å². The fraction of sp³-hybridized carbons (Fsp3) is 0.938. The largest absolute Gasteiger partial charge is 0.356 e.